The third kappa shape index (κ3) is 3.78. The van der Waals surface area contributed by atoms with Gasteiger partial charge in [0.1, 0.15) is 5.78 Å². The molecule has 1 unspecified atom stereocenters. The minimum absolute atomic E-state index is 0.0285. The summed E-state index contributed by atoms with van der Waals surface area (Å²) in [6.07, 6.45) is 2.75. The molecule has 2 heterocycles. The number of hydrogen-bond acceptors (Lipinski definition) is 4. The number of carbonyl (C=O) groups excluding carboxylic acids is 2. The van der Waals surface area contributed by atoms with E-state index in [1.807, 2.05) is 0 Å². The molecular formula is C13H22N2O3. The second kappa shape index (κ2) is 6.29. The number of piperazine rings is 1. The maximum Gasteiger partial charge on any atom is 0.230 e. The molecule has 18 heavy (non-hydrogen) atoms. The minimum Gasteiger partial charge on any atom is -0.377 e. The molecule has 5 nitrogen and oxygen atoms in total. The van der Waals surface area contributed by atoms with Crippen LogP contribution < -0.4 is 0 Å². The van der Waals surface area contributed by atoms with Crippen LogP contribution in [0.15, 0.2) is 0 Å². The quantitative estimate of drug-likeness (QED) is 0.677. The second-order valence-electron chi connectivity index (χ2n) is 5.20. The van der Waals surface area contributed by atoms with Crippen LogP contribution in [0.5, 0.6) is 0 Å². The van der Waals surface area contributed by atoms with Gasteiger partial charge >= 0.3 is 0 Å². The highest BCUT2D eigenvalue weighted by Gasteiger charge is 2.25. The van der Waals surface area contributed by atoms with Crippen molar-refractivity contribution in [2.75, 3.05) is 39.3 Å². The van der Waals surface area contributed by atoms with E-state index in [0.717, 1.165) is 45.8 Å². The molecule has 0 spiro atoms. The number of nitrogens with zero attached hydrogens (tertiary/aromatic N) is 2. The minimum atomic E-state index is -0.0539. The van der Waals surface area contributed by atoms with Gasteiger partial charge in [-0.2, -0.15) is 0 Å². The molecule has 0 saturated carbocycles. The van der Waals surface area contributed by atoms with E-state index in [-0.39, 0.29) is 18.1 Å². The fraction of sp³-hybridized carbons (Fsp3) is 0.846. The first kappa shape index (κ1) is 13.5. The average Bonchev–Trinajstić information content (AvgIpc) is 2.82. The Kier molecular flexibility index (Phi) is 4.72. The van der Waals surface area contributed by atoms with E-state index >= 15 is 0 Å². The molecule has 2 aliphatic rings. The summed E-state index contributed by atoms with van der Waals surface area (Å²) in [7, 11) is 0. The van der Waals surface area contributed by atoms with Gasteiger partial charge in [-0.1, -0.05) is 0 Å². The molecule has 5 heteroatoms. The van der Waals surface area contributed by atoms with E-state index in [1.54, 1.807) is 4.90 Å². The molecule has 0 aromatic heterocycles. The van der Waals surface area contributed by atoms with Crippen molar-refractivity contribution in [2.24, 2.45) is 0 Å². The Hall–Kier alpha value is -0.940. The van der Waals surface area contributed by atoms with E-state index in [9.17, 15) is 9.59 Å². The fourth-order valence-electron chi connectivity index (χ4n) is 2.58. The summed E-state index contributed by atoms with van der Waals surface area (Å²) in [5, 5.41) is 0. The molecule has 0 aliphatic carbocycles. The lowest BCUT2D eigenvalue weighted by Gasteiger charge is -2.35. The first-order chi connectivity index (χ1) is 8.65. The molecule has 0 aromatic carbocycles. The number of hydrogen-bond donors (Lipinski definition) is 0. The Labute approximate surface area is 108 Å². The second-order valence-corrected chi connectivity index (χ2v) is 5.20. The third-order valence-electron chi connectivity index (χ3n) is 3.61. The number of Topliss-reactive ketones (excluding diaryl/α,β-unsaturated/α-hetero) is 1. The fourth-order valence-corrected chi connectivity index (χ4v) is 2.58. The van der Waals surface area contributed by atoms with Crippen LogP contribution in [0.25, 0.3) is 0 Å². The lowest BCUT2D eigenvalue weighted by atomic mass is 10.2. The van der Waals surface area contributed by atoms with Crippen molar-refractivity contribution in [1.29, 1.82) is 0 Å². The smallest absolute Gasteiger partial charge is 0.230 e. The Morgan fingerprint density at radius 2 is 1.94 bits per heavy atom. The number of ketones is 1. The van der Waals surface area contributed by atoms with Crippen molar-refractivity contribution < 1.29 is 14.3 Å². The van der Waals surface area contributed by atoms with Gasteiger partial charge in [-0.15, -0.1) is 0 Å². The summed E-state index contributed by atoms with van der Waals surface area (Å²) >= 11 is 0. The molecule has 2 rings (SSSR count). The molecule has 1 amide bonds. The van der Waals surface area contributed by atoms with Crippen LogP contribution in [0.1, 0.15) is 26.2 Å². The van der Waals surface area contributed by atoms with E-state index in [1.165, 1.54) is 13.3 Å². The van der Waals surface area contributed by atoms with Crippen molar-refractivity contribution in [1.82, 2.24) is 9.80 Å². The maximum atomic E-state index is 11.7. The zero-order valence-electron chi connectivity index (χ0n) is 11.1. The lowest BCUT2D eigenvalue weighted by molar-refractivity contribution is -0.136. The highest BCUT2D eigenvalue weighted by Crippen LogP contribution is 2.14. The van der Waals surface area contributed by atoms with Crippen molar-refractivity contribution >= 4 is 11.7 Å². The molecule has 0 aromatic rings. The summed E-state index contributed by atoms with van der Waals surface area (Å²) in [4.78, 5) is 26.8. The van der Waals surface area contributed by atoms with E-state index in [2.05, 4.69) is 4.90 Å². The monoisotopic (exact) mass is 254 g/mol. The standard InChI is InChI=1S/C13H22N2O3/c1-11(16)9-13(17)15-6-4-14(5-7-15)10-12-3-2-8-18-12/h12H,2-10H2,1H3. The van der Waals surface area contributed by atoms with Crippen LogP contribution in [0, 0.1) is 0 Å². The van der Waals surface area contributed by atoms with Gasteiger partial charge in [0, 0.05) is 39.3 Å². The van der Waals surface area contributed by atoms with Crippen molar-refractivity contribution in [3.05, 3.63) is 0 Å². The van der Waals surface area contributed by atoms with Crippen LogP contribution in [-0.2, 0) is 14.3 Å². The van der Waals surface area contributed by atoms with Gasteiger partial charge in [0.2, 0.25) is 5.91 Å². The van der Waals surface area contributed by atoms with Gasteiger partial charge in [0.25, 0.3) is 0 Å². The average molecular weight is 254 g/mol. The van der Waals surface area contributed by atoms with Crippen LogP contribution in [0.4, 0.5) is 0 Å². The zero-order valence-corrected chi connectivity index (χ0v) is 11.1. The van der Waals surface area contributed by atoms with Gasteiger partial charge < -0.3 is 9.64 Å². The van der Waals surface area contributed by atoms with Crippen molar-refractivity contribution in [3.63, 3.8) is 0 Å². The normalized spacial score (nSPS) is 25.4. The van der Waals surface area contributed by atoms with E-state index in [4.69, 9.17) is 4.74 Å². The summed E-state index contributed by atoms with van der Waals surface area (Å²) in [5.74, 6) is -0.0824. The molecule has 2 saturated heterocycles. The van der Waals surface area contributed by atoms with Crippen LogP contribution in [-0.4, -0.2) is 66.9 Å². The molecule has 2 fully saturated rings. The highest BCUT2D eigenvalue weighted by molar-refractivity contribution is 5.96. The Bertz CT molecular complexity index is 305. The Morgan fingerprint density at radius 3 is 2.50 bits per heavy atom. The third-order valence-corrected chi connectivity index (χ3v) is 3.61. The van der Waals surface area contributed by atoms with Gasteiger partial charge in [0.15, 0.2) is 0 Å². The van der Waals surface area contributed by atoms with Crippen molar-refractivity contribution in [2.45, 2.75) is 32.3 Å². The van der Waals surface area contributed by atoms with Gasteiger partial charge in [-0.05, 0) is 19.8 Å². The first-order valence-electron chi connectivity index (χ1n) is 6.76. The summed E-state index contributed by atoms with van der Waals surface area (Å²) < 4.78 is 5.62. The predicted octanol–water partition coefficient (Wildman–Crippen LogP) is 0.289. The molecule has 1 atom stereocenters. The summed E-state index contributed by atoms with van der Waals surface area (Å²) in [5.41, 5.74) is 0. The molecule has 0 bridgehead atoms. The number of ether oxygens (including phenoxy) is 1. The summed E-state index contributed by atoms with van der Waals surface area (Å²) in [6, 6.07) is 0. The predicted molar refractivity (Wildman–Crippen MR) is 67.3 cm³/mol. The van der Waals surface area contributed by atoms with Crippen LogP contribution in [0.2, 0.25) is 0 Å². The van der Waals surface area contributed by atoms with Gasteiger partial charge in [0.05, 0.1) is 12.5 Å². The molecule has 102 valence electrons. The van der Waals surface area contributed by atoms with Crippen LogP contribution >= 0.6 is 0 Å². The molecule has 0 N–H and O–H groups in total. The van der Waals surface area contributed by atoms with E-state index < -0.39 is 0 Å². The summed E-state index contributed by atoms with van der Waals surface area (Å²) in [6.45, 7) is 6.59. The first-order valence-corrected chi connectivity index (χ1v) is 6.76. The Balaban J connectivity index is 1.70. The molecule has 2 aliphatic heterocycles. The largest absolute Gasteiger partial charge is 0.377 e. The number of amides is 1. The van der Waals surface area contributed by atoms with Gasteiger partial charge in [-0.25, -0.2) is 0 Å². The van der Waals surface area contributed by atoms with E-state index in [0.29, 0.717) is 6.10 Å². The SMILES string of the molecule is CC(=O)CC(=O)N1CCN(CC2CCCO2)CC1. The molecular weight excluding hydrogens is 232 g/mol. The number of carbonyl (C=O) groups is 2. The maximum absolute atomic E-state index is 11.7. The molecule has 0 radical (unpaired) electrons. The lowest BCUT2D eigenvalue weighted by Crippen LogP contribution is -2.50. The zero-order chi connectivity index (χ0) is 13.0. The van der Waals surface area contributed by atoms with Crippen molar-refractivity contribution in [3.8, 4) is 0 Å². The number of rotatable bonds is 4. The van der Waals surface area contributed by atoms with Gasteiger partial charge in [-0.3, -0.25) is 14.5 Å². The topological polar surface area (TPSA) is 49.9 Å². The highest BCUT2D eigenvalue weighted by atomic mass is 16.5. The van der Waals surface area contributed by atoms with Crippen LogP contribution in [0.3, 0.4) is 0 Å². The Morgan fingerprint density at radius 1 is 1.22 bits per heavy atom.